The lowest BCUT2D eigenvalue weighted by Gasteiger charge is -2.19. The first kappa shape index (κ1) is 15.0. The Kier molecular flexibility index (Phi) is 4.78. The van der Waals surface area contributed by atoms with Gasteiger partial charge in [-0.1, -0.05) is 6.07 Å². The Morgan fingerprint density at radius 1 is 1.25 bits per heavy atom. The smallest absolute Gasteiger partial charge is 0.338 e. The fraction of sp³-hybridized carbons (Fsp3) is 0.562. The van der Waals surface area contributed by atoms with Gasteiger partial charge in [0.05, 0.1) is 17.8 Å². The van der Waals surface area contributed by atoms with E-state index in [0.29, 0.717) is 12.2 Å². The van der Waals surface area contributed by atoms with Gasteiger partial charge in [-0.3, -0.25) is 0 Å². The summed E-state index contributed by atoms with van der Waals surface area (Å²) in [4.78, 5) is 12.0. The van der Waals surface area contributed by atoms with E-state index in [1.54, 1.807) is 0 Å². The zero-order valence-corrected chi connectivity index (χ0v) is 12.5. The number of carbonyl (C=O) groups is 1. The molecule has 1 heterocycles. The van der Waals surface area contributed by atoms with E-state index in [0.717, 1.165) is 19.5 Å². The number of nitrogens with one attached hydrogen (secondary N) is 1. The summed E-state index contributed by atoms with van der Waals surface area (Å²) in [5.74, 6) is -0.282. The van der Waals surface area contributed by atoms with E-state index in [2.05, 4.69) is 5.32 Å². The summed E-state index contributed by atoms with van der Waals surface area (Å²) in [5.41, 5.74) is 2.92. The van der Waals surface area contributed by atoms with Crippen LogP contribution in [0.25, 0.3) is 0 Å². The predicted molar refractivity (Wildman–Crippen MR) is 77.8 cm³/mol. The Bertz CT molecular complexity index is 477. The van der Waals surface area contributed by atoms with Crippen molar-refractivity contribution in [3.8, 4) is 0 Å². The van der Waals surface area contributed by atoms with Gasteiger partial charge >= 0.3 is 5.97 Å². The normalized spacial score (nSPS) is 14.8. The van der Waals surface area contributed by atoms with Gasteiger partial charge in [0, 0.05) is 6.54 Å². The third-order valence-electron chi connectivity index (χ3n) is 3.18. The molecule has 0 spiro atoms. The van der Waals surface area contributed by atoms with Crippen molar-refractivity contribution in [1.29, 1.82) is 0 Å². The summed E-state index contributed by atoms with van der Waals surface area (Å²) in [6.07, 6.45) is 1.02. The minimum absolute atomic E-state index is 0.204. The number of benzene rings is 1. The molecule has 0 radical (unpaired) electrons. The molecule has 0 atom stereocenters. The minimum atomic E-state index is -0.282. The highest BCUT2D eigenvalue weighted by atomic mass is 16.6. The van der Waals surface area contributed by atoms with E-state index in [4.69, 9.17) is 9.47 Å². The van der Waals surface area contributed by atoms with Crippen molar-refractivity contribution in [2.24, 2.45) is 0 Å². The van der Waals surface area contributed by atoms with Crippen LogP contribution in [0.5, 0.6) is 0 Å². The van der Waals surface area contributed by atoms with Crippen molar-refractivity contribution in [2.45, 2.75) is 39.3 Å². The standard InChI is InChI=1S/C16H23NO3/c1-16(2,3)20-9-8-19-15(18)13-5-4-12-6-7-17-11-14(12)10-13/h4-5,10,17H,6-9,11H2,1-3H3. The van der Waals surface area contributed by atoms with Crippen molar-refractivity contribution in [3.63, 3.8) is 0 Å². The van der Waals surface area contributed by atoms with Gasteiger partial charge in [0.25, 0.3) is 0 Å². The van der Waals surface area contributed by atoms with Crippen LogP contribution in [-0.2, 0) is 22.4 Å². The quantitative estimate of drug-likeness (QED) is 0.677. The Balaban J connectivity index is 1.86. The molecule has 0 aliphatic carbocycles. The Hall–Kier alpha value is -1.39. The van der Waals surface area contributed by atoms with Crippen molar-refractivity contribution in [3.05, 3.63) is 34.9 Å². The van der Waals surface area contributed by atoms with Crippen molar-refractivity contribution >= 4 is 5.97 Å². The molecular formula is C16H23NO3. The van der Waals surface area contributed by atoms with Crippen LogP contribution in [0.3, 0.4) is 0 Å². The first-order chi connectivity index (χ1) is 9.46. The Morgan fingerprint density at radius 2 is 2.05 bits per heavy atom. The van der Waals surface area contributed by atoms with Crippen LogP contribution in [-0.4, -0.2) is 31.3 Å². The van der Waals surface area contributed by atoms with Gasteiger partial charge < -0.3 is 14.8 Å². The molecule has 2 rings (SSSR count). The molecule has 0 aromatic heterocycles. The van der Waals surface area contributed by atoms with Gasteiger partial charge in [-0.2, -0.15) is 0 Å². The van der Waals surface area contributed by atoms with Crippen LogP contribution < -0.4 is 5.32 Å². The SMILES string of the molecule is CC(C)(C)OCCOC(=O)c1ccc2c(c1)CNCC2. The number of rotatable bonds is 4. The molecule has 110 valence electrons. The lowest BCUT2D eigenvalue weighted by Crippen LogP contribution is -2.24. The fourth-order valence-corrected chi connectivity index (χ4v) is 2.17. The van der Waals surface area contributed by atoms with Crippen LogP contribution >= 0.6 is 0 Å². The molecule has 0 saturated carbocycles. The van der Waals surface area contributed by atoms with Crippen LogP contribution in [0, 0.1) is 0 Å². The molecule has 4 heteroatoms. The summed E-state index contributed by atoms with van der Waals surface area (Å²) in [5, 5.41) is 3.30. The highest BCUT2D eigenvalue weighted by Gasteiger charge is 2.14. The third-order valence-corrected chi connectivity index (χ3v) is 3.18. The van der Waals surface area contributed by atoms with Gasteiger partial charge in [-0.05, 0) is 57.0 Å². The second-order valence-electron chi connectivity index (χ2n) is 6.01. The number of hydrogen-bond donors (Lipinski definition) is 1. The number of esters is 1. The van der Waals surface area contributed by atoms with Gasteiger partial charge in [0.2, 0.25) is 0 Å². The van der Waals surface area contributed by atoms with Crippen molar-refractivity contribution < 1.29 is 14.3 Å². The summed E-state index contributed by atoms with van der Waals surface area (Å²) in [6.45, 7) is 8.46. The second kappa shape index (κ2) is 6.37. The molecular weight excluding hydrogens is 254 g/mol. The monoisotopic (exact) mass is 277 g/mol. The largest absolute Gasteiger partial charge is 0.460 e. The average Bonchev–Trinajstić information content (AvgIpc) is 2.42. The maximum atomic E-state index is 12.0. The Labute approximate surface area is 120 Å². The molecule has 1 aromatic rings. The highest BCUT2D eigenvalue weighted by Crippen LogP contribution is 2.16. The van der Waals surface area contributed by atoms with Crippen LogP contribution in [0.15, 0.2) is 18.2 Å². The van der Waals surface area contributed by atoms with Crippen LogP contribution in [0.4, 0.5) is 0 Å². The number of carbonyl (C=O) groups excluding carboxylic acids is 1. The summed E-state index contributed by atoms with van der Waals surface area (Å²) < 4.78 is 10.7. The Morgan fingerprint density at radius 3 is 2.80 bits per heavy atom. The molecule has 0 fully saturated rings. The van der Waals surface area contributed by atoms with E-state index < -0.39 is 0 Å². The fourth-order valence-electron chi connectivity index (χ4n) is 2.17. The van der Waals surface area contributed by atoms with Gasteiger partial charge in [0.15, 0.2) is 0 Å². The molecule has 1 aliphatic heterocycles. The third kappa shape index (κ3) is 4.32. The lowest BCUT2D eigenvalue weighted by atomic mass is 9.99. The molecule has 1 N–H and O–H groups in total. The zero-order chi connectivity index (χ0) is 14.6. The topological polar surface area (TPSA) is 47.6 Å². The van der Waals surface area contributed by atoms with Gasteiger partial charge in [-0.25, -0.2) is 4.79 Å². The lowest BCUT2D eigenvalue weighted by molar-refractivity contribution is -0.0281. The molecule has 0 unspecified atom stereocenters. The maximum absolute atomic E-state index is 12.0. The number of ether oxygens (including phenoxy) is 2. The summed E-state index contributed by atoms with van der Waals surface area (Å²) in [7, 11) is 0. The van der Waals surface area contributed by atoms with E-state index in [-0.39, 0.29) is 18.2 Å². The van der Waals surface area contributed by atoms with E-state index in [1.165, 1.54) is 11.1 Å². The average molecular weight is 277 g/mol. The van der Waals surface area contributed by atoms with Gasteiger partial charge in [0.1, 0.15) is 6.61 Å². The second-order valence-corrected chi connectivity index (χ2v) is 6.01. The number of fused-ring (bicyclic) bond motifs is 1. The first-order valence-corrected chi connectivity index (χ1v) is 7.09. The van der Waals surface area contributed by atoms with E-state index >= 15 is 0 Å². The minimum Gasteiger partial charge on any atom is -0.460 e. The van der Waals surface area contributed by atoms with Gasteiger partial charge in [-0.15, -0.1) is 0 Å². The highest BCUT2D eigenvalue weighted by molar-refractivity contribution is 5.89. The van der Waals surface area contributed by atoms with Crippen LogP contribution in [0.1, 0.15) is 42.3 Å². The van der Waals surface area contributed by atoms with E-state index in [1.807, 2.05) is 39.0 Å². The molecule has 1 aromatic carbocycles. The molecule has 0 amide bonds. The zero-order valence-electron chi connectivity index (χ0n) is 12.5. The van der Waals surface area contributed by atoms with E-state index in [9.17, 15) is 4.79 Å². The molecule has 20 heavy (non-hydrogen) atoms. The molecule has 1 aliphatic rings. The van der Waals surface area contributed by atoms with Crippen molar-refractivity contribution in [1.82, 2.24) is 5.32 Å². The predicted octanol–water partition coefficient (Wildman–Crippen LogP) is 2.30. The summed E-state index contributed by atoms with van der Waals surface area (Å²) >= 11 is 0. The molecule has 4 nitrogen and oxygen atoms in total. The molecule has 0 bridgehead atoms. The molecule has 0 saturated heterocycles. The first-order valence-electron chi connectivity index (χ1n) is 7.09. The summed E-state index contributed by atoms with van der Waals surface area (Å²) in [6, 6.07) is 5.80. The maximum Gasteiger partial charge on any atom is 0.338 e. The van der Waals surface area contributed by atoms with Crippen molar-refractivity contribution in [2.75, 3.05) is 19.8 Å². The van der Waals surface area contributed by atoms with Crippen LogP contribution in [0.2, 0.25) is 0 Å². The number of hydrogen-bond acceptors (Lipinski definition) is 4.